The molecule has 1 heterocycles. The summed E-state index contributed by atoms with van der Waals surface area (Å²) in [6.45, 7) is 1.23. The third-order valence-electron chi connectivity index (χ3n) is 2.06. The Morgan fingerprint density at radius 1 is 1.50 bits per heavy atom. The minimum Gasteiger partial charge on any atom is -0.486 e. The molecule has 1 aliphatic rings. The molecule has 0 radical (unpaired) electrons. The van der Waals surface area contributed by atoms with Crippen molar-refractivity contribution in [2.45, 2.75) is 6.10 Å². The molecule has 1 fully saturated rings. The van der Waals surface area contributed by atoms with E-state index in [-0.39, 0.29) is 6.10 Å². The van der Waals surface area contributed by atoms with Gasteiger partial charge in [0.15, 0.2) is 0 Å². The fourth-order valence-corrected chi connectivity index (χ4v) is 1.18. The number of ether oxygens (including phenoxy) is 2. The van der Waals surface area contributed by atoms with Crippen LogP contribution in [0.2, 0.25) is 0 Å². The molecular weight excluding hydrogens is 180 g/mol. The average Bonchev–Trinajstić information content (AvgIpc) is 2.14. The number of hydrogen-bond acceptors (Lipinski definition) is 4. The average molecular weight is 190 g/mol. The van der Waals surface area contributed by atoms with E-state index < -0.39 is 0 Å². The number of nitrogens with zero attached hydrogens (tertiary/aromatic N) is 1. The van der Waals surface area contributed by atoms with Gasteiger partial charge in [0.1, 0.15) is 17.9 Å². The van der Waals surface area contributed by atoms with Crippen LogP contribution in [0.3, 0.4) is 0 Å². The van der Waals surface area contributed by atoms with Crippen LogP contribution in [0.25, 0.3) is 0 Å². The van der Waals surface area contributed by atoms with Crippen LogP contribution in [0.5, 0.6) is 5.75 Å². The zero-order chi connectivity index (χ0) is 9.97. The summed E-state index contributed by atoms with van der Waals surface area (Å²) in [5, 5.41) is 8.74. The van der Waals surface area contributed by atoms with Gasteiger partial charge in [-0.15, -0.1) is 0 Å². The number of benzene rings is 1. The Bertz CT molecular complexity index is 380. The summed E-state index contributed by atoms with van der Waals surface area (Å²) in [6.07, 6.45) is 0.116. The SMILES string of the molecule is N#Cc1cc(OC2COC2)ccc1N. The van der Waals surface area contributed by atoms with Crippen LogP contribution in [0.1, 0.15) is 5.56 Å². The van der Waals surface area contributed by atoms with Gasteiger partial charge in [-0.2, -0.15) is 5.26 Å². The molecule has 1 aromatic carbocycles. The zero-order valence-corrected chi connectivity index (χ0v) is 7.56. The topological polar surface area (TPSA) is 68.3 Å². The van der Waals surface area contributed by atoms with Crippen molar-refractivity contribution < 1.29 is 9.47 Å². The normalized spacial score (nSPS) is 15.6. The van der Waals surface area contributed by atoms with Crippen molar-refractivity contribution in [2.24, 2.45) is 0 Å². The van der Waals surface area contributed by atoms with Crippen molar-refractivity contribution in [1.82, 2.24) is 0 Å². The molecule has 0 atom stereocenters. The van der Waals surface area contributed by atoms with Crippen LogP contribution in [-0.4, -0.2) is 19.3 Å². The predicted octanol–water partition coefficient (Wildman–Crippen LogP) is 0.918. The van der Waals surface area contributed by atoms with E-state index in [0.29, 0.717) is 30.2 Å². The van der Waals surface area contributed by atoms with Gasteiger partial charge in [0.25, 0.3) is 0 Å². The molecule has 2 rings (SSSR count). The number of nitrogen functional groups attached to an aromatic ring is 1. The highest BCUT2D eigenvalue weighted by Crippen LogP contribution is 2.21. The highest BCUT2D eigenvalue weighted by Gasteiger charge is 2.20. The quantitative estimate of drug-likeness (QED) is 0.704. The first-order valence-electron chi connectivity index (χ1n) is 4.33. The number of rotatable bonds is 2. The number of nitrogens with two attached hydrogens (primary N) is 1. The van der Waals surface area contributed by atoms with E-state index in [4.69, 9.17) is 20.5 Å². The second-order valence-electron chi connectivity index (χ2n) is 3.14. The molecule has 4 heteroatoms. The molecule has 1 saturated heterocycles. The van der Waals surface area contributed by atoms with Gasteiger partial charge in [0.05, 0.1) is 18.8 Å². The Morgan fingerprint density at radius 2 is 2.29 bits per heavy atom. The third-order valence-corrected chi connectivity index (χ3v) is 2.06. The highest BCUT2D eigenvalue weighted by atomic mass is 16.6. The first-order chi connectivity index (χ1) is 6.79. The first kappa shape index (κ1) is 8.85. The van der Waals surface area contributed by atoms with Crippen LogP contribution < -0.4 is 10.5 Å². The van der Waals surface area contributed by atoms with Gasteiger partial charge in [-0.25, -0.2) is 0 Å². The van der Waals surface area contributed by atoms with Crippen LogP contribution in [0.4, 0.5) is 5.69 Å². The van der Waals surface area contributed by atoms with E-state index in [1.807, 2.05) is 6.07 Å². The summed E-state index contributed by atoms with van der Waals surface area (Å²) in [6, 6.07) is 7.09. The monoisotopic (exact) mass is 190 g/mol. The maximum Gasteiger partial charge on any atom is 0.145 e. The van der Waals surface area contributed by atoms with Gasteiger partial charge >= 0.3 is 0 Å². The highest BCUT2D eigenvalue weighted by molar-refractivity contribution is 5.56. The predicted molar refractivity (Wildman–Crippen MR) is 50.8 cm³/mol. The maximum atomic E-state index is 8.74. The summed E-state index contributed by atoms with van der Waals surface area (Å²) in [5.41, 5.74) is 6.50. The molecule has 2 N–H and O–H groups in total. The lowest BCUT2D eigenvalue weighted by Gasteiger charge is -2.26. The molecule has 1 aliphatic heterocycles. The zero-order valence-electron chi connectivity index (χ0n) is 7.56. The second-order valence-corrected chi connectivity index (χ2v) is 3.14. The molecule has 4 nitrogen and oxygen atoms in total. The van der Waals surface area contributed by atoms with Crippen molar-refractivity contribution in [3.63, 3.8) is 0 Å². The molecule has 1 aromatic rings. The Hall–Kier alpha value is -1.73. The Balaban J connectivity index is 2.14. The second kappa shape index (κ2) is 3.56. The lowest BCUT2D eigenvalue weighted by atomic mass is 10.2. The van der Waals surface area contributed by atoms with Gasteiger partial charge in [0.2, 0.25) is 0 Å². The van der Waals surface area contributed by atoms with Gasteiger partial charge < -0.3 is 15.2 Å². The molecule has 14 heavy (non-hydrogen) atoms. The van der Waals surface area contributed by atoms with Crippen molar-refractivity contribution in [3.8, 4) is 11.8 Å². The van der Waals surface area contributed by atoms with Crippen LogP contribution in [0, 0.1) is 11.3 Å². The lowest BCUT2D eigenvalue weighted by molar-refractivity contribution is -0.0796. The molecule has 0 spiro atoms. The van der Waals surface area contributed by atoms with E-state index in [0.717, 1.165) is 0 Å². The summed E-state index contributed by atoms with van der Waals surface area (Å²) >= 11 is 0. The van der Waals surface area contributed by atoms with E-state index >= 15 is 0 Å². The van der Waals surface area contributed by atoms with Crippen molar-refractivity contribution in [1.29, 1.82) is 5.26 Å². The Morgan fingerprint density at radius 3 is 2.86 bits per heavy atom. The molecular formula is C10H10N2O2. The summed E-state index contributed by atoms with van der Waals surface area (Å²) in [4.78, 5) is 0. The van der Waals surface area contributed by atoms with Crippen molar-refractivity contribution >= 4 is 5.69 Å². The largest absolute Gasteiger partial charge is 0.486 e. The van der Waals surface area contributed by atoms with E-state index in [2.05, 4.69) is 0 Å². The number of hydrogen-bond donors (Lipinski definition) is 1. The molecule has 72 valence electrons. The van der Waals surface area contributed by atoms with Gasteiger partial charge in [-0.1, -0.05) is 0 Å². The summed E-state index contributed by atoms with van der Waals surface area (Å²) in [5.74, 6) is 0.670. The van der Waals surface area contributed by atoms with Crippen LogP contribution in [0.15, 0.2) is 18.2 Å². The Kier molecular flexibility index (Phi) is 2.25. The molecule has 0 aromatic heterocycles. The first-order valence-corrected chi connectivity index (χ1v) is 4.33. The lowest BCUT2D eigenvalue weighted by Crippen LogP contribution is -2.38. The standard InChI is InChI=1S/C10H10N2O2/c11-4-7-3-8(1-2-10(7)12)14-9-5-13-6-9/h1-3,9H,5-6,12H2. The van der Waals surface area contributed by atoms with Crippen LogP contribution >= 0.6 is 0 Å². The molecule has 0 saturated carbocycles. The van der Waals surface area contributed by atoms with Crippen molar-refractivity contribution in [3.05, 3.63) is 23.8 Å². The minimum absolute atomic E-state index is 0.116. The van der Waals surface area contributed by atoms with E-state index in [1.165, 1.54) is 0 Å². The smallest absolute Gasteiger partial charge is 0.145 e. The molecule has 0 bridgehead atoms. The van der Waals surface area contributed by atoms with E-state index in [9.17, 15) is 0 Å². The number of anilines is 1. The van der Waals surface area contributed by atoms with Gasteiger partial charge in [0, 0.05) is 5.69 Å². The summed E-state index contributed by atoms with van der Waals surface area (Å²) in [7, 11) is 0. The number of nitriles is 1. The third kappa shape index (κ3) is 1.63. The molecule has 0 unspecified atom stereocenters. The molecule has 0 amide bonds. The fraction of sp³-hybridized carbons (Fsp3) is 0.300. The van der Waals surface area contributed by atoms with Crippen molar-refractivity contribution in [2.75, 3.05) is 18.9 Å². The molecule has 0 aliphatic carbocycles. The van der Waals surface area contributed by atoms with Gasteiger partial charge in [-0.05, 0) is 18.2 Å². The van der Waals surface area contributed by atoms with E-state index in [1.54, 1.807) is 18.2 Å². The minimum atomic E-state index is 0.116. The maximum absolute atomic E-state index is 8.74. The van der Waals surface area contributed by atoms with Crippen LogP contribution in [-0.2, 0) is 4.74 Å². The fourth-order valence-electron chi connectivity index (χ4n) is 1.18. The Labute approximate surface area is 81.8 Å². The summed E-state index contributed by atoms with van der Waals surface area (Å²) < 4.78 is 10.5. The van der Waals surface area contributed by atoms with Gasteiger partial charge in [-0.3, -0.25) is 0 Å².